The first-order valence-corrected chi connectivity index (χ1v) is 10.1. The zero-order valence-electron chi connectivity index (χ0n) is 15.8. The van der Waals surface area contributed by atoms with Crippen LogP contribution in [0.5, 0.6) is 0 Å². The van der Waals surface area contributed by atoms with Crippen LogP contribution >= 0.6 is 15.9 Å². The number of imide groups is 1. The Morgan fingerprint density at radius 3 is 2.66 bits per heavy atom. The van der Waals surface area contributed by atoms with E-state index in [0.29, 0.717) is 24.1 Å². The van der Waals surface area contributed by atoms with Gasteiger partial charge in [-0.05, 0) is 36.8 Å². The first kappa shape index (κ1) is 19.3. The van der Waals surface area contributed by atoms with Crippen LogP contribution in [0.4, 0.5) is 0 Å². The van der Waals surface area contributed by atoms with Crippen LogP contribution in [0.25, 0.3) is 11.0 Å². The molecule has 3 aromatic rings. The zero-order chi connectivity index (χ0) is 20.5. The Labute approximate surface area is 175 Å². The van der Waals surface area contributed by atoms with Crippen LogP contribution in [0.15, 0.2) is 46.9 Å². The first-order valence-electron chi connectivity index (χ1n) is 9.28. The van der Waals surface area contributed by atoms with Crippen molar-refractivity contribution in [1.82, 2.24) is 19.8 Å². The van der Waals surface area contributed by atoms with Crippen molar-refractivity contribution in [1.29, 1.82) is 0 Å². The number of hydrogen-bond acceptors (Lipinski definition) is 4. The van der Waals surface area contributed by atoms with Gasteiger partial charge in [-0.25, -0.2) is 4.98 Å². The molecule has 4 rings (SSSR count). The minimum atomic E-state index is -0.314. The lowest BCUT2D eigenvalue weighted by Crippen LogP contribution is -2.32. The van der Waals surface area contributed by atoms with Crippen molar-refractivity contribution in [3.63, 3.8) is 0 Å². The maximum Gasteiger partial charge on any atom is 0.261 e. The van der Waals surface area contributed by atoms with Gasteiger partial charge in [0.25, 0.3) is 11.8 Å². The molecule has 3 amide bonds. The summed E-state index contributed by atoms with van der Waals surface area (Å²) in [5.74, 6) is 0.00546. The number of nitrogens with zero attached hydrogens (tertiary/aromatic N) is 3. The molecule has 7 nitrogen and oxygen atoms in total. The summed E-state index contributed by atoms with van der Waals surface area (Å²) in [7, 11) is 1.91. The van der Waals surface area contributed by atoms with Crippen LogP contribution in [0.1, 0.15) is 39.4 Å². The third kappa shape index (κ3) is 3.67. The molecule has 0 radical (unpaired) electrons. The molecule has 0 spiro atoms. The second-order valence-electron chi connectivity index (χ2n) is 6.91. The number of benzene rings is 2. The minimum absolute atomic E-state index is 0.142. The van der Waals surface area contributed by atoms with Gasteiger partial charge in [0.05, 0.1) is 28.7 Å². The highest BCUT2D eigenvalue weighted by Crippen LogP contribution is 2.26. The lowest BCUT2D eigenvalue weighted by atomic mass is 10.1. The summed E-state index contributed by atoms with van der Waals surface area (Å²) in [6.45, 7) is 0.536. The number of hydrogen-bond donors (Lipinski definition) is 1. The van der Waals surface area contributed by atoms with Gasteiger partial charge in [-0.2, -0.15) is 0 Å². The molecule has 148 valence electrons. The van der Waals surface area contributed by atoms with Gasteiger partial charge in [0, 0.05) is 24.5 Å². The molecular weight excluding hydrogens is 436 g/mol. The van der Waals surface area contributed by atoms with Gasteiger partial charge in [0.15, 0.2) is 0 Å². The number of rotatable bonds is 6. The monoisotopic (exact) mass is 454 g/mol. The number of halogens is 1. The third-order valence-corrected chi connectivity index (χ3v) is 5.53. The van der Waals surface area contributed by atoms with E-state index in [2.05, 4.69) is 26.2 Å². The Morgan fingerprint density at radius 2 is 1.86 bits per heavy atom. The van der Waals surface area contributed by atoms with Gasteiger partial charge in [0.1, 0.15) is 5.82 Å². The Balaban J connectivity index is 1.30. The Bertz CT molecular complexity index is 1140. The maximum atomic E-state index is 12.4. The molecule has 0 saturated carbocycles. The highest BCUT2D eigenvalue weighted by atomic mass is 79.9. The lowest BCUT2D eigenvalue weighted by molar-refractivity contribution is -0.121. The Kier molecular flexibility index (Phi) is 5.19. The fourth-order valence-corrected chi connectivity index (χ4v) is 3.84. The van der Waals surface area contributed by atoms with Crippen LogP contribution < -0.4 is 5.32 Å². The average molecular weight is 455 g/mol. The van der Waals surface area contributed by atoms with Gasteiger partial charge in [-0.3, -0.25) is 19.3 Å². The Morgan fingerprint density at radius 1 is 1.10 bits per heavy atom. The average Bonchev–Trinajstić information content (AvgIpc) is 3.15. The largest absolute Gasteiger partial charge is 0.349 e. The van der Waals surface area contributed by atoms with E-state index >= 15 is 0 Å². The smallest absolute Gasteiger partial charge is 0.261 e. The molecule has 0 fully saturated rings. The standard InChI is InChI=1S/C21H19BrN4O3/c1-25-17-6-3-2-5-16(17)24-18(25)12-23-19(27)7-4-10-26-20(28)14-9-8-13(22)11-15(14)21(26)29/h2-3,5-6,8-9,11H,4,7,10,12H2,1H3,(H,23,27). The summed E-state index contributed by atoms with van der Waals surface area (Å²) in [4.78, 5) is 42.8. The van der Waals surface area contributed by atoms with Gasteiger partial charge >= 0.3 is 0 Å². The number of carbonyl (C=O) groups excluding carboxylic acids is 3. The molecule has 0 saturated heterocycles. The lowest BCUT2D eigenvalue weighted by Gasteiger charge is -2.13. The van der Waals surface area contributed by atoms with E-state index in [-0.39, 0.29) is 30.7 Å². The molecule has 0 bridgehead atoms. The van der Waals surface area contributed by atoms with Gasteiger partial charge < -0.3 is 9.88 Å². The predicted octanol–water partition coefficient (Wildman–Crippen LogP) is 3.03. The summed E-state index contributed by atoms with van der Waals surface area (Å²) in [5, 5.41) is 2.86. The number of nitrogens with one attached hydrogen (secondary N) is 1. The summed E-state index contributed by atoms with van der Waals surface area (Å²) < 4.78 is 2.70. The van der Waals surface area contributed by atoms with E-state index in [9.17, 15) is 14.4 Å². The highest BCUT2D eigenvalue weighted by Gasteiger charge is 2.35. The summed E-state index contributed by atoms with van der Waals surface area (Å²) in [6, 6.07) is 12.8. The fraction of sp³-hybridized carbons (Fsp3) is 0.238. The van der Waals surface area contributed by atoms with Gasteiger partial charge in [-0.1, -0.05) is 28.1 Å². The number of amides is 3. The molecule has 1 aliphatic heterocycles. The molecule has 2 aromatic carbocycles. The summed E-state index contributed by atoms with van der Waals surface area (Å²) in [6.07, 6.45) is 0.627. The Hall–Kier alpha value is -3.00. The van der Waals surface area contributed by atoms with E-state index in [1.165, 1.54) is 4.90 Å². The highest BCUT2D eigenvalue weighted by molar-refractivity contribution is 9.10. The first-order chi connectivity index (χ1) is 14.0. The van der Waals surface area contributed by atoms with E-state index in [1.54, 1.807) is 18.2 Å². The van der Waals surface area contributed by atoms with Crippen molar-refractivity contribution in [2.24, 2.45) is 7.05 Å². The number of carbonyl (C=O) groups is 3. The number of imidazole rings is 1. The second kappa shape index (κ2) is 7.79. The van der Waals surface area contributed by atoms with Crippen molar-refractivity contribution in [3.8, 4) is 0 Å². The van der Waals surface area contributed by atoms with E-state index in [4.69, 9.17) is 0 Å². The van der Waals surface area contributed by atoms with Crippen LogP contribution in [-0.4, -0.2) is 38.7 Å². The molecule has 0 aliphatic carbocycles. The van der Waals surface area contributed by atoms with Crippen LogP contribution in [0.3, 0.4) is 0 Å². The quantitative estimate of drug-likeness (QED) is 0.580. The van der Waals surface area contributed by atoms with Gasteiger partial charge in [-0.15, -0.1) is 0 Å². The normalized spacial score (nSPS) is 13.2. The van der Waals surface area contributed by atoms with Crippen LogP contribution in [0, 0.1) is 0 Å². The topological polar surface area (TPSA) is 84.3 Å². The summed E-state index contributed by atoms with van der Waals surface area (Å²) in [5.41, 5.74) is 2.70. The van der Waals surface area contributed by atoms with E-state index in [1.807, 2.05) is 35.9 Å². The molecule has 0 atom stereocenters. The molecule has 0 unspecified atom stereocenters. The molecular formula is C21H19BrN4O3. The molecule has 1 aromatic heterocycles. The summed E-state index contributed by atoms with van der Waals surface area (Å²) >= 11 is 3.31. The van der Waals surface area contributed by atoms with E-state index in [0.717, 1.165) is 21.3 Å². The molecule has 29 heavy (non-hydrogen) atoms. The van der Waals surface area contributed by atoms with Crippen LogP contribution in [-0.2, 0) is 18.4 Å². The predicted molar refractivity (Wildman–Crippen MR) is 111 cm³/mol. The third-order valence-electron chi connectivity index (χ3n) is 5.04. The number of aryl methyl sites for hydroxylation is 1. The van der Waals surface area contributed by atoms with Crippen LogP contribution in [0.2, 0.25) is 0 Å². The number of aromatic nitrogens is 2. The number of para-hydroxylation sites is 2. The van der Waals surface area contributed by atoms with Crippen molar-refractivity contribution in [3.05, 3.63) is 63.9 Å². The fourth-order valence-electron chi connectivity index (χ4n) is 3.48. The molecule has 1 aliphatic rings. The zero-order valence-corrected chi connectivity index (χ0v) is 17.4. The van der Waals surface area contributed by atoms with Crippen molar-refractivity contribution >= 4 is 44.7 Å². The van der Waals surface area contributed by atoms with Gasteiger partial charge in [0.2, 0.25) is 5.91 Å². The SMILES string of the molecule is Cn1c(CNC(=O)CCCN2C(=O)c3ccc(Br)cc3C2=O)nc2ccccc21. The number of fused-ring (bicyclic) bond motifs is 2. The van der Waals surface area contributed by atoms with Crippen molar-refractivity contribution in [2.45, 2.75) is 19.4 Å². The second-order valence-corrected chi connectivity index (χ2v) is 7.82. The van der Waals surface area contributed by atoms with Crippen molar-refractivity contribution < 1.29 is 14.4 Å². The maximum absolute atomic E-state index is 12.4. The van der Waals surface area contributed by atoms with E-state index < -0.39 is 0 Å². The molecule has 2 heterocycles. The minimum Gasteiger partial charge on any atom is -0.349 e. The van der Waals surface area contributed by atoms with Crippen molar-refractivity contribution in [2.75, 3.05) is 6.54 Å². The molecule has 8 heteroatoms. The molecule has 1 N–H and O–H groups in total.